The molecule has 0 unspecified atom stereocenters. The summed E-state index contributed by atoms with van der Waals surface area (Å²) < 4.78 is 0. The van der Waals surface area contributed by atoms with Gasteiger partial charge in [0.05, 0.1) is 11.3 Å². The summed E-state index contributed by atoms with van der Waals surface area (Å²) in [6.07, 6.45) is 0. The van der Waals surface area contributed by atoms with Crippen molar-refractivity contribution in [2.75, 3.05) is 11.2 Å². The van der Waals surface area contributed by atoms with Gasteiger partial charge in [0.25, 0.3) is 0 Å². The number of carbonyl (C=O) groups excluding carboxylic acids is 2. The Bertz CT molecular complexity index is 728. The Hall–Kier alpha value is -2.66. The first-order valence-corrected chi connectivity index (χ1v) is 6.89. The number of carboxylic acids is 1. The lowest BCUT2D eigenvalue weighted by Gasteiger charge is -2.11. The smallest absolute Gasteiger partial charge is 0.335 e. The summed E-state index contributed by atoms with van der Waals surface area (Å²) in [7, 11) is 0. The highest BCUT2D eigenvalue weighted by molar-refractivity contribution is 6.29. The minimum absolute atomic E-state index is 0.0387. The van der Waals surface area contributed by atoms with Gasteiger partial charge in [-0.25, -0.2) is 4.79 Å². The van der Waals surface area contributed by atoms with Crippen molar-refractivity contribution in [3.05, 3.63) is 65.2 Å². The predicted molar refractivity (Wildman–Crippen MR) is 82.6 cm³/mol. The molecule has 0 atom stereocenters. The lowest BCUT2D eigenvalue weighted by molar-refractivity contribution is -0.113. The van der Waals surface area contributed by atoms with Crippen molar-refractivity contribution in [3.8, 4) is 0 Å². The molecular weight excluding hydrogens is 306 g/mol. The lowest BCUT2D eigenvalue weighted by atomic mass is 9.99. The van der Waals surface area contributed by atoms with Gasteiger partial charge < -0.3 is 10.4 Å². The average molecular weight is 318 g/mol. The molecule has 1 amide bonds. The number of hydrogen-bond acceptors (Lipinski definition) is 3. The number of carbonyl (C=O) groups is 3. The molecule has 0 aromatic heterocycles. The van der Waals surface area contributed by atoms with Gasteiger partial charge in [0.15, 0.2) is 5.78 Å². The molecule has 2 aromatic rings. The van der Waals surface area contributed by atoms with E-state index in [2.05, 4.69) is 5.32 Å². The van der Waals surface area contributed by atoms with E-state index < -0.39 is 11.9 Å². The third kappa shape index (κ3) is 3.51. The Morgan fingerprint density at radius 2 is 1.68 bits per heavy atom. The molecule has 6 heteroatoms. The van der Waals surface area contributed by atoms with Gasteiger partial charge in [-0.3, -0.25) is 9.59 Å². The van der Waals surface area contributed by atoms with Gasteiger partial charge >= 0.3 is 5.97 Å². The van der Waals surface area contributed by atoms with Gasteiger partial charge in [0, 0.05) is 11.1 Å². The lowest BCUT2D eigenvalue weighted by Crippen LogP contribution is -2.16. The SMILES string of the molecule is O=C(CCl)Nc1ccc(C(=O)O)cc1C(=O)c1ccccc1. The normalized spacial score (nSPS) is 10.0. The molecule has 0 aliphatic carbocycles. The number of amides is 1. The molecule has 0 aliphatic rings. The van der Waals surface area contributed by atoms with Crippen LogP contribution in [0.3, 0.4) is 0 Å². The minimum Gasteiger partial charge on any atom is -0.478 e. The molecule has 0 fully saturated rings. The molecule has 0 spiro atoms. The highest BCUT2D eigenvalue weighted by Crippen LogP contribution is 2.21. The van der Waals surface area contributed by atoms with Crippen LogP contribution in [-0.2, 0) is 4.79 Å². The average Bonchev–Trinajstić information content (AvgIpc) is 2.55. The second-order valence-electron chi connectivity index (χ2n) is 4.44. The molecule has 5 nitrogen and oxygen atoms in total. The third-order valence-electron chi connectivity index (χ3n) is 2.94. The number of hydrogen-bond donors (Lipinski definition) is 2. The summed E-state index contributed by atoms with van der Waals surface area (Å²) in [5.74, 6) is -2.28. The van der Waals surface area contributed by atoms with Gasteiger partial charge in [-0.1, -0.05) is 30.3 Å². The van der Waals surface area contributed by atoms with Gasteiger partial charge in [-0.15, -0.1) is 11.6 Å². The number of ketones is 1. The molecule has 112 valence electrons. The van der Waals surface area contributed by atoms with Gasteiger partial charge in [-0.05, 0) is 18.2 Å². The van der Waals surface area contributed by atoms with Crippen LogP contribution in [0.1, 0.15) is 26.3 Å². The molecule has 2 aromatic carbocycles. The second kappa shape index (κ2) is 6.87. The van der Waals surface area contributed by atoms with Gasteiger partial charge in [-0.2, -0.15) is 0 Å². The number of aromatic carboxylic acids is 1. The van der Waals surface area contributed by atoms with E-state index >= 15 is 0 Å². The molecule has 0 bridgehead atoms. The second-order valence-corrected chi connectivity index (χ2v) is 4.71. The number of anilines is 1. The largest absolute Gasteiger partial charge is 0.478 e. The summed E-state index contributed by atoms with van der Waals surface area (Å²) in [5.41, 5.74) is 0.684. The first kappa shape index (κ1) is 15.7. The van der Waals surface area contributed by atoms with E-state index in [9.17, 15) is 14.4 Å². The van der Waals surface area contributed by atoms with Crippen molar-refractivity contribution in [3.63, 3.8) is 0 Å². The zero-order valence-corrected chi connectivity index (χ0v) is 12.1. The summed E-state index contributed by atoms with van der Waals surface area (Å²) in [4.78, 5) is 35.1. The number of carboxylic acid groups (broad SMARTS) is 1. The van der Waals surface area contributed by atoms with Crippen LogP contribution < -0.4 is 5.32 Å². The first-order chi connectivity index (χ1) is 10.5. The quantitative estimate of drug-likeness (QED) is 0.656. The Balaban J connectivity index is 2.49. The van der Waals surface area contributed by atoms with Crippen LogP contribution in [0.25, 0.3) is 0 Å². The Labute approximate surface area is 131 Å². The standard InChI is InChI=1S/C16H12ClNO4/c17-9-14(19)18-13-7-6-11(16(21)22)8-12(13)15(20)10-4-2-1-3-5-10/h1-8H,9H2,(H,18,19)(H,21,22). The summed E-state index contributed by atoms with van der Waals surface area (Å²) >= 11 is 5.44. The predicted octanol–water partition coefficient (Wildman–Crippen LogP) is 2.79. The molecule has 2 N–H and O–H groups in total. The maximum atomic E-state index is 12.5. The van der Waals surface area contributed by atoms with Crippen molar-refractivity contribution in [1.82, 2.24) is 0 Å². The molecule has 0 saturated heterocycles. The summed E-state index contributed by atoms with van der Waals surface area (Å²) in [5, 5.41) is 11.6. The molecule has 2 rings (SSSR count). The van der Waals surface area contributed by atoms with E-state index in [0.29, 0.717) is 5.56 Å². The number of nitrogens with one attached hydrogen (secondary N) is 1. The molecule has 0 aliphatic heterocycles. The Morgan fingerprint density at radius 3 is 2.27 bits per heavy atom. The van der Waals surface area contributed by atoms with Crippen LogP contribution in [-0.4, -0.2) is 28.6 Å². The van der Waals surface area contributed by atoms with Gasteiger partial charge in [0.2, 0.25) is 5.91 Å². The third-order valence-corrected chi connectivity index (χ3v) is 3.19. The Kier molecular flexibility index (Phi) is 4.91. The van der Waals surface area contributed by atoms with Crippen LogP contribution >= 0.6 is 11.6 Å². The monoisotopic (exact) mass is 317 g/mol. The fourth-order valence-corrected chi connectivity index (χ4v) is 1.97. The van der Waals surface area contributed by atoms with Crippen LogP contribution in [0, 0.1) is 0 Å². The minimum atomic E-state index is -1.16. The van der Waals surface area contributed by atoms with E-state index in [1.807, 2.05) is 0 Å². The fraction of sp³-hybridized carbons (Fsp3) is 0.0625. The van der Waals surface area contributed by atoms with Crippen molar-refractivity contribution >= 4 is 34.9 Å². The van der Waals surface area contributed by atoms with Crippen molar-refractivity contribution in [2.45, 2.75) is 0 Å². The van der Waals surface area contributed by atoms with E-state index in [1.54, 1.807) is 30.3 Å². The number of alkyl halides is 1. The maximum Gasteiger partial charge on any atom is 0.335 e. The molecule has 22 heavy (non-hydrogen) atoms. The summed E-state index contributed by atoms with van der Waals surface area (Å²) in [6.45, 7) is 0. The van der Waals surface area contributed by atoms with E-state index in [0.717, 1.165) is 0 Å². The fourth-order valence-electron chi connectivity index (χ4n) is 1.90. The van der Waals surface area contributed by atoms with Crippen LogP contribution in [0.4, 0.5) is 5.69 Å². The highest BCUT2D eigenvalue weighted by Gasteiger charge is 2.17. The van der Waals surface area contributed by atoms with Crippen molar-refractivity contribution < 1.29 is 19.5 Å². The van der Waals surface area contributed by atoms with Crippen molar-refractivity contribution in [2.24, 2.45) is 0 Å². The summed E-state index contributed by atoms with van der Waals surface area (Å²) in [6, 6.07) is 12.3. The van der Waals surface area contributed by atoms with E-state index in [-0.39, 0.29) is 28.5 Å². The number of benzene rings is 2. The Morgan fingerprint density at radius 1 is 1.00 bits per heavy atom. The van der Waals surface area contributed by atoms with Crippen molar-refractivity contribution in [1.29, 1.82) is 0 Å². The molecule has 0 saturated carbocycles. The molecule has 0 radical (unpaired) electrons. The van der Waals surface area contributed by atoms with Crippen LogP contribution in [0.15, 0.2) is 48.5 Å². The first-order valence-electron chi connectivity index (χ1n) is 6.36. The zero-order valence-electron chi connectivity index (χ0n) is 11.4. The van der Waals surface area contributed by atoms with Crippen LogP contribution in [0.5, 0.6) is 0 Å². The number of rotatable bonds is 5. The topological polar surface area (TPSA) is 83.5 Å². The van der Waals surface area contributed by atoms with Gasteiger partial charge in [0.1, 0.15) is 5.88 Å². The number of halogens is 1. The maximum absolute atomic E-state index is 12.5. The molecular formula is C16H12ClNO4. The van der Waals surface area contributed by atoms with E-state index in [1.165, 1.54) is 18.2 Å². The zero-order chi connectivity index (χ0) is 16.1. The van der Waals surface area contributed by atoms with Crippen LogP contribution in [0.2, 0.25) is 0 Å². The van der Waals surface area contributed by atoms with E-state index in [4.69, 9.17) is 16.7 Å². The molecule has 0 heterocycles. The highest BCUT2D eigenvalue weighted by atomic mass is 35.5.